The second-order valence-electron chi connectivity index (χ2n) is 5.28. The van der Waals surface area contributed by atoms with Gasteiger partial charge in [-0.15, -0.1) is 0 Å². The smallest absolute Gasteiger partial charge is 0.221 e. The molecule has 110 valence electrons. The van der Waals surface area contributed by atoms with Crippen molar-refractivity contribution in [3.05, 3.63) is 35.9 Å². The molecule has 0 radical (unpaired) electrons. The first-order valence-electron chi connectivity index (χ1n) is 7.62. The van der Waals surface area contributed by atoms with Crippen molar-refractivity contribution in [3.8, 4) is 0 Å². The Morgan fingerprint density at radius 3 is 2.50 bits per heavy atom. The van der Waals surface area contributed by atoms with Crippen LogP contribution in [0.25, 0.3) is 0 Å². The number of hydrogen-bond acceptors (Lipinski definition) is 3. The normalized spacial score (nSPS) is 23.0. The minimum absolute atomic E-state index is 0.108. The van der Waals surface area contributed by atoms with Crippen molar-refractivity contribution in [2.45, 2.75) is 31.7 Å². The highest BCUT2D eigenvalue weighted by atomic mass is 16.1. The van der Waals surface area contributed by atoms with Gasteiger partial charge in [-0.25, -0.2) is 0 Å². The van der Waals surface area contributed by atoms with Crippen molar-refractivity contribution in [1.82, 2.24) is 16.0 Å². The summed E-state index contributed by atoms with van der Waals surface area (Å²) in [7, 11) is 0. The maximum absolute atomic E-state index is 12.0. The average Bonchev–Trinajstić information content (AvgIpc) is 2.50. The molecule has 1 unspecified atom stereocenters. The van der Waals surface area contributed by atoms with Gasteiger partial charge in [-0.3, -0.25) is 4.79 Å². The summed E-state index contributed by atoms with van der Waals surface area (Å²) in [5.41, 5.74) is 1.19. The lowest BCUT2D eigenvalue weighted by Crippen LogP contribution is -2.31. The molecule has 1 aromatic rings. The topological polar surface area (TPSA) is 53.2 Å². The predicted octanol–water partition coefficient (Wildman–Crippen LogP) is 1.60. The molecule has 3 N–H and O–H groups in total. The van der Waals surface area contributed by atoms with Gasteiger partial charge in [0.15, 0.2) is 0 Å². The lowest BCUT2D eigenvalue weighted by Gasteiger charge is -2.19. The largest absolute Gasteiger partial charge is 0.356 e. The quantitative estimate of drug-likeness (QED) is 0.729. The highest BCUT2D eigenvalue weighted by Gasteiger charge is 2.15. The van der Waals surface area contributed by atoms with Crippen LogP contribution in [0.15, 0.2) is 30.3 Å². The van der Waals surface area contributed by atoms with Gasteiger partial charge in [-0.1, -0.05) is 30.3 Å². The van der Waals surface area contributed by atoms with Gasteiger partial charge >= 0.3 is 0 Å². The van der Waals surface area contributed by atoms with Gasteiger partial charge < -0.3 is 16.0 Å². The van der Waals surface area contributed by atoms with Gasteiger partial charge in [-0.05, 0) is 44.5 Å². The standard InChI is InChI=1S/C16H25N3O/c20-16-13-15(14-7-2-1-3-8-14)18-12-6-10-17-9-4-5-11-19-16/h1-3,7-8,15,17-18H,4-6,9-13H2,(H,19,20). The summed E-state index contributed by atoms with van der Waals surface area (Å²) in [5, 5.41) is 9.95. The Morgan fingerprint density at radius 2 is 1.65 bits per heavy atom. The minimum Gasteiger partial charge on any atom is -0.356 e. The summed E-state index contributed by atoms with van der Waals surface area (Å²) in [6.07, 6.45) is 3.76. The number of hydrogen-bond donors (Lipinski definition) is 3. The fraction of sp³-hybridized carbons (Fsp3) is 0.562. The molecule has 0 bridgehead atoms. The molecule has 0 aromatic heterocycles. The number of nitrogens with one attached hydrogen (secondary N) is 3. The van der Waals surface area contributed by atoms with Crippen molar-refractivity contribution in [2.24, 2.45) is 0 Å². The molecule has 1 aromatic carbocycles. The second-order valence-corrected chi connectivity index (χ2v) is 5.28. The molecular weight excluding hydrogens is 250 g/mol. The van der Waals surface area contributed by atoms with Crippen molar-refractivity contribution in [2.75, 3.05) is 26.2 Å². The molecule has 1 aliphatic heterocycles. The Kier molecular flexibility index (Phi) is 6.54. The minimum atomic E-state index is 0.108. The van der Waals surface area contributed by atoms with Crippen LogP contribution in [0.2, 0.25) is 0 Å². The van der Waals surface area contributed by atoms with Crippen molar-refractivity contribution >= 4 is 5.91 Å². The van der Waals surface area contributed by atoms with Crippen LogP contribution in [0.4, 0.5) is 0 Å². The van der Waals surface area contributed by atoms with E-state index >= 15 is 0 Å². The van der Waals surface area contributed by atoms with E-state index in [1.54, 1.807) is 0 Å². The summed E-state index contributed by atoms with van der Waals surface area (Å²) >= 11 is 0. The Morgan fingerprint density at radius 1 is 0.900 bits per heavy atom. The second kappa shape index (κ2) is 8.72. The predicted molar refractivity (Wildman–Crippen MR) is 81.5 cm³/mol. The molecule has 20 heavy (non-hydrogen) atoms. The van der Waals surface area contributed by atoms with E-state index in [1.165, 1.54) is 5.56 Å². The van der Waals surface area contributed by atoms with Crippen LogP contribution in [-0.4, -0.2) is 32.1 Å². The van der Waals surface area contributed by atoms with Gasteiger partial charge in [0, 0.05) is 19.0 Å². The number of carbonyl (C=O) groups is 1. The average molecular weight is 275 g/mol. The van der Waals surface area contributed by atoms with E-state index < -0.39 is 0 Å². The molecule has 4 nitrogen and oxygen atoms in total. The fourth-order valence-corrected chi connectivity index (χ4v) is 2.47. The summed E-state index contributed by atoms with van der Waals surface area (Å²) in [4.78, 5) is 12.0. The Balaban J connectivity index is 1.97. The summed E-state index contributed by atoms with van der Waals surface area (Å²) < 4.78 is 0. The van der Waals surface area contributed by atoms with Crippen LogP contribution in [0.5, 0.6) is 0 Å². The van der Waals surface area contributed by atoms with Gasteiger partial charge in [0.05, 0.1) is 0 Å². The van der Waals surface area contributed by atoms with Gasteiger partial charge in [0.2, 0.25) is 5.91 Å². The Bertz CT molecular complexity index is 394. The molecule has 1 fully saturated rings. The molecule has 0 saturated carbocycles. The van der Waals surface area contributed by atoms with Crippen LogP contribution in [-0.2, 0) is 4.79 Å². The lowest BCUT2D eigenvalue weighted by molar-refractivity contribution is -0.121. The third-order valence-corrected chi connectivity index (χ3v) is 3.62. The van der Waals surface area contributed by atoms with E-state index in [2.05, 4.69) is 28.1 Å². The van der Waals surface area contributed by atoms with E-state index in [1.807, 2.05) is 18.2 Å². The van der Waals surface area contributed by atoms with Crippen LogP contribution >= 0.6 is 0 Å². The number of rotatable bonds is 1. The molecule has 4 heteroatoms. The molecule has 2 rings (SSSR count). The van der Waals surface area contributed by atoms with E-state index in [0.717, 1.165) is 45.4 Å². The number of amides is 1. The third kappa shape index (κ3) is 5.31. The molecule has 1 aliphatic rings. The van der Waals surface area contributed by atoms with Crippen molar-refractivity contribution in [1.29, 1.82) is 0 Å². The Hall–Kier alpha value is -1.39. The van der Waals surface area contributed by atoms with E-state index in [0.29, 0.717) is 6.42 Å². The molecule has 1 atom stereocenters. The number of carbonyl (C=O) groups excluding carboxylic acids is 1. The monoisotopic (exact) mass is 275 g/mol. The third-order valence-electron chi connectivity index (χ3n) is 3.62. The first kappa shape index (κ1) is 15.0. The highest BCUT2D eigenvalue weighted by molar-refractivity contribution is 5.76. The fourth-order valence-electron chi connectivity index (χ4n) is 2.47. The first-order valence-corrected chi connectivity index (χ1v) is 7.62. The zero-order valence-electron chi connectivity index (χ0n) is 12.0. The van der Waals surface area contributed by atoms with Gasteiger partial charge in [-0.2, -0.15) is 0 Å². The Labute approximate surface area is 121 Å². The van der Waals surface area contributed by atoms with Gasteiger partial charge in [0.1, 0.15) is 0 Å². The van der Waals surface area contributed by atoms with Crippen molar-refractivity contribution in [3.63, 3.8) is 0 Å². The van der Waals surface area contributed by atoms with E-state index in [-0.39, 0.29) is 11.9 Å². The molecule has 0 aliphatic carbocycles. The molecule has 0 spiro atoms. The van der Waals surface area contributed by atoms with Crippen LogP contribution < -0.4 is 16.0 Å². The maximum atomic E-state index is 12.0. The lowest BCUT2D eigenvalue weighted by atomic mass is 10.0. The summed E-state index contributed by atoms with van der Waals surface area (Å²) in [6, 6.07) is 10.3. The van der Waals surface area contributed by atoms with E-state index in [9.17, 15) is 4.79 Å². The SMILES string of the molecule is O=C1CC(c2ccccc2)NCCCNCCCCN1. The van der Waals surface area contributed by atoms with Crippen LogP contribution in [0, 0.1) is 0 Å². The first-order chi connectivity index (χ1) is 9.86. The van der Waals surface area contributed by atoms with Gasteiger partial charge in [0.25, 0.3) is 0 Å². The highest BCUT2D eigenvalue weighted by Crippen LogP contribution is 2.16. The maximum Gasteiger partial charge on any atom is 0.221 e. The molecule has 1 saturated heterocycles. The summed E-state index contributed by atoms with van der Waals surface area (Å²) in [5.74, 6) is 0.138. The van der Waals surface area contributed by atoms with E-state index in [4.69, 9.17) is 0 Å². The zero-order valence-corrected chi connectivity index (χ0v) is 12.0. The molecular formula is C16H25N3O. The molecule has 1 amide bonds. The van der Waals surface area contributed by atoms with Crippen LogP contribution in [0.1, 0.15) is 37.3 Å². The van der Waals surface area contributed by atoms with Crippen molar-refractivity contribution < 1.29 is 4.79 Å². The van der Waals surface area contributed by atoms with Crippen LogP contribution in [0.3, 0.4) is 0 Å². The molecule has 1 heterocycles. The number of benzene rings is 1. The summed E-state index contributed by atoms with van der Waals surface area (Å²) in [6.45, 7) is 3.79. The zero-order chi connectivity index (χ0) is 14.0.